The van der Waals surface area contributed by atoms with Gasteiger partial charge in [-0.15, -0.1) is 11.3 Å². The van der Waals surface area contributed by atoms with E-state index in [4.69, 9.17) is 4.74 Å². The van der Waals surface area contributed by atoms with Gasteiger partial charge in [0.1, 0.15) is 0 Å². The van der Waals surface area contributed by atoms with Gasteiger partial charge in [0.05, 0.1) is 17.8 Å². The molecule has 2 aromatic heterocycles. The Labute approximate surface area is 129 Å². The van der Waals surface area contributed by atoms with Crippen LogP contribution in [0.2, 0.25) is 0 Å². The third kappa shape index (κ3) is 3.31. The average molecular weight is 303 g/mol. The van der Waals surface area contributed by atoms with E-state index in [2.05, 4.69) is 33.9 Å². The van der Waals surface area contributed by atoms with Gasteiger partial charge in [0, 0.05) is 55.3 Å². The molecule has 0 aliphatic carbocycles. The average Bonchev–Trinajstić information content (AvgIpc) is 3.08. The summed E-state index contributed by atoms with van der Waals surface area (Å²) in [5, 5.41) is 0. The summed E-state index contributed by atoms with van der Waals surface area (Å²) in [5.41, 5.74) is 4.27. The molecule has 0 amide bonds. The molecule has 3 heterocycles. The van der Waals surface area contributed by atoms with Crippen molar-refractivity contribution in [3.05, 3.63) is 46.2 Å². The fourth-order valence-electron chi connectivity index (χ4n) is 3.08. The zero-order valence-electron chi connectivity index (χ0n) is 12.5. The summed E-state index contributed by atoms with van der Waals surface area (Å²) in [5.74, 6) is 0.970. The third-order valence-electron chi connectivity index (χ3n) is 4.18. The van der Waals surface area contributed by atoms with E-state index in [9.17, 15) is 0 Å². The molecule has 112 valence electrons. The van der Waals surface area contributed by atoms with Crippen molar-refractivity contribution in [1.29, 1.82) is 0 Å². The van der Waals surface area contributed by atoms with Crippen LogP contribution in [-0.2, 0) is 11.3 Å². The van der Waals surface area contributed by atoms with Crippen LogP contribution in [0.1, 0.15) is 22.2 Å². The van der Waals surface area contributed by atoms with Gasteiger partial charge in [-0.3, -0.25) is 9.88 Å². The smallest absolute Gasteiger partial charge is 0.0798 e. The van der Waals surface area contributed by atoms with Gasteiger partial charge in [0.2, 0.25) is 0 Å². The first-order valence-corrected chi connectivity index (χ1v) is 8.17. The van der Waals surface area contributed by atoms with Gasteiger partial charge in [0.25, 0.3) is 0 Å². The van der Waals surface area contributed by atoms with Gasteiger partial charge >= 0.3 is 0 Å². The fraction of sp³-hybridized carbons (Fsp3) is 0.500. The summed E-state index contributed by atoms with van der Waals surface area (Å²) in [6, 6.07) is 6.18. The Bertz CT molecular complexity index is 572. The molecule has 1 saturated heterocycles. The summed E-state index contributed by atoms with van der Waals surface area (Å²) < 4.78 is 5.42. The molecule has 1 fully saturated rings. The Hall–Kier alpha value is -1.30. The van der Waals surface area contributed by atoms with Gasteiger partial charge in [-0.25, -0.2) is 4.98 Å². The summed E-state index contributed by atoms with van der Waals surface area (Å²) in [7, 11) is 1.78. The summed E-state index contributed by atoms with van der Waals surface area (Å²) in [6.07, 6.45) is 1.88. The Morgan fingerprint density at radius 3 is 2.90 bits per heavy atom. The molecule has 5 heteroatoms. The van der Waals surface area contributed by atoms with Crippen LogP contribution in [0.5, 0.6) is 0 Å². The van der Waals surface area contributed by atoms with Crippen molar-refractivity contribution in [3.63, 3.8) is 0 Å². The monoisotopic (exact) mass is 303 g/mol. The van der Waals surface area contributed by atoms with Crippen molar-refractivity contribution in [1.82, 2.24) is 14.9 Å². The zero-order chi connectivity index (χ0) is 14.7. The summed E-state index contributed by atoms with van der Waals surface area (Å²) in [4.78, 5) is 12.8. The first kappa shape index (κ1) is 14.6. The highest BCUT2D eigenvalue weighted by molar-refractivity contribution is 7.09. The van der Waals surface area contributed by atoms with E-state index in [1.54, 1.807) is 18.4 Å². The van der Waals surface area contributed by atoms with E-state index in [1.807, 2.05) is 17.8 Å². The lowest BCUT2D eigenvalue weighted by molar-refractivity contribution is 0.147. The van der Waals surface area contributed by atoms with E-state index >= 15 is 0 Å². The van der Waals surface area contributed by atoms with E-state index < -0.39 is 0 Å². The van der Waals surface area contributed by atoms with E-state index in [0.717, 1.165) is 31.9 Å². The molecule has 0 aromatic carbocycles. The molecule has 0 bridgehead atoms. The molecule has 0 unspecified atom stereocenters. The van der Waals surface area contributed by atoms with Gasteiger partial charge in [-0.1, -0.05) is 6.07 Å². The Morgan fingerprint density at radius 1 is 1.33 bits per heavy atom. The minimum Gasteiger partial charge on any atom is -0.384 e. The Balaban J connectivity index is 1.73. The largest absolute Gasteiger partial charge is 0.384 e. The molecular weight excluding hydrogens is 282 g/mol. The molecule has 2 atom stereocenters. The van der Waals surface area contributed by atoms with Crippen molar-refractivity contribution in [3.8, 4) is 0 Å². The van der Waals surface area contributed by atoms with Crippen molar-refractivity contribution in [2.45, 2.75) is 19.4 Å². The number of likely N-dealkylation sites (tertiary alicyclic amines) is 1. The van der Waals surface area contributed by atoms with E-state index in [0.29, 0.717) is 11.8 Å². The predicted molar refractivity (Wildman–Crippen MR) is 84.5 cm³/mol. The molecule has 4 nitrogen and oxygen atoms in total. The first-order valence-electron chi connectivity index (χ1n) is 7.29. The fourth-order valence-corrected chi connectivity index (χ4v) is 3.90. The quantitative estimate of drug-likeness (QED) is 0.851. The van der Waals surface area contributed by atoms with Crippen LogP contribution < -0.4 is 0 Å². The lowest BCUT2D eigenvalue weighted by Gasteiger charge is -2.16. The standard InChI is InChI=1S/C16H21N3OS/c1-12-16(21-11-18-12)9-19-7-13(10-20-2)14(8-19)15-5-3-4-6-17-15/h3-6,11,13-14H,7-10H2,1-2H3/t13-,14+/m0/s1. The third-order valence-corrected chi connectivity index (χ3v) is 5.10. The van der Waals surface area contributed by atoms with Crippen LogP contribution in [0.25, 0.3) is 0 Å². The highest BCUT2D eigenvalue weighted by Gasteiger charge is 2.34. The van der Waals surface area contributed by atoms with E-state index in [-0.39, 0.29) is 0 Å². The summed E-state index contributed by atoms with van der Waals surface area (Å²) >= 11 is 1.75. The van der Waals surface area contributed by atoms with Crippen LogP contribution >= 0.6 is 11.3 Å². The number of hydrogen-bond donors (Lipinski definition) is 0. The molecule has 0 N–H and O–H groups in total. The molecule has 21 heavy (non-hydrogen) atoms. The predicted octanol–water partition coefficient (Wildman–Crippen LogP) is 2.71. The molecule has 1 aliphatic rings. The normalized spacial score (nSPS) is 22.8. The number of aromatic nitrogens is 2. The van der Waals surface area contributed by atoms with Gasteiger partial charge in [0.15, 0.2) is 0 Å². The maximum atomic E-state index is 5.42. The number of rotatable bonds is 5. The lowest BCUT2D eigenvalue weighted by Crippen LogP contribution is -2.21. The number of nitrogens with zero attached hydrogens (tertiary/aromatic N) is 3. The minimum atomic E-state index is 0.458. The van der Waals surface area contributed by atoms with Gasteiger partial charge in [-0.2, -0.15) is 0 Å². The van der Waals surface area contributed by atoms with Crippen molar-refractivity contribution < 1.29 is 4.74 Å². The maximum Gasteiger partial charge on any atom is 0.0798 e. The number of methoxy groups -OCH3 is 1. The number of aryl methyl sites for hydroxylation is 1. The van der Waals surface area contributed by atoms with Crippen LogP contribution in [0.3, 0.4) is 0 Å². The maximum absolute atomic E-state index is 5.42. The van der Waals surface area contributed by atoms with Crippen LogP contribution in [-0.4, -0.2) is 41.7 Å². The highest BCUT2D eigenvalue weighted by Crippen LogP contribution is 2.33. The minimum absolute atomic E-state index is 0.458. The van der Waals surface area contributed by atoms with Crippen LogP contribution in [0.4, 0.5) is 0 Å². The molecule has 3 rings (SSSR count). The lowest BCUT2D eigenvalue weighted by atomic mass is 9.93. The second-order valence-corrected chi connectivity index (χ2v) is 6.57. The van der Waals surface area contributed by atoms with Crippen molar-refractivity contribution >= 4 is 11.3 Å². The number of thiazole rings is 1. The molecular formula is C16H21N3OS. The molecule has 0 radical (unpaired) electrons. The highest BCUT2D eigenvalue weighted by atomic mass is 32.1. The number of ether oxygens (including phenoxy) is 1. The first-order chi connectivity index (χ1) is 10.3. The zero-order valence-corrected chi connectivity index (χ0v) is 13.3. The molecule has 0 saturated carbocycles. The van der Waals surface area contributed by atoms with Crippen molar-refractivity contribution in [2.75, 3.05) is 26.8 Å². The number of hydrogen-bond acceptors (Lipinski definition) is 5. The molecule has 0 spiro atoms. The topological polar surface area (TPSA) is 38.2 Å². The Morgan fingerprint density at radius 2 is 2.24 bits per heavy atom. The Kier molecular flexibility index (Phi) is 4.63. The summed E-state index contributed by atoms with van der Waals surface area (Å²) in [6.45, 7) is 5.97. The molecule has 1 aliphatic heterocycles. The van der Waals surface area contributed by atoms with Crippen LogP contribution in [0, 0.1) is 12.8 Å². The molecule has 2 aromatic rings. The van der Waals surface area contributed by atoms with E-state index in [1.165, 1.54) is 10.6 Å². The second kappa shape index (κ2) is 6.64. The number of pyridine rings is 1. The van der Waals surface area contributed by atoms with Gasteiger partial charge in [-0.05, 0) is 19.1 Å². The van der Waals surface area contributed by atoms with Crippen molar-refractivity contribution in [2.24, 2.45) is 5.92 Å². The van der Waals surface area contributed by atoms with Crippen LogP contribution in [0.15, 0.2) is 29.9 Å². The second-order valence-electron chi connectivity index (χ2n) is 5.63. The van der Waals surface area contributed by atoms with Gasteiger partial charge < -0.3 is 4.74 Å². The SMILES string of the molecule is COC[C@@H]1CN(Cc2scnc2C)C[C@H]1c1ccccn1.